The van der Waals surface area contributed by atoms with Gasteiger partial charge in [0, 0.05) is 18.4 Å². The van der Waals surface area contributed by atoms with Gasteiger partial charge >= 0.3 is 0 Å². The number of benzene rings is 2. The Bertz CT molecular complexity index is 1090. The largest absolute Gasteiger partial charge is 0.399 e. The van der Waals surface area contributed by atoms with Crippen LogP contribution in [0.1, 0.15) is 40.1 Å². The highest BCUT2D eigenvalue weighted by Gasteiger charge is 2.38. The molecule has 8 heteroatoms. The minimum atomic E-state index is -0.433. The number of oxime groups is 1. The molecule has 1 aliphatic heterocycles. The van der Waals surface area contributed by atoms with Gasteiger partial charge in [-0.2, -0.15) is 4.98 Å². The normalized spacial score (nSPS) is 17.3. The number of hydrogen-bond donors (Lipinski definition) is 1. The number of aliphatic hydroxyl groups is 1. The zero-order valence-electron chi connectivity index (χ0n) is 17.5. The molecular formula is C23H24N4O4. The Morgan fingerprint density at radius 3 is 2.74 bits per heavy atom. The predicted molar refractivity (Wildman–Crippen MR) is 115 cm³/mol. The number of aliphatic hydroxyl groups excluding tert-OH is 1. The van der Waals surface area contributed by atoms with Crippen LogP contribution in [0.3, 0.4) is 0 Å². The smallest absolute Gasteiger partial charge is 0.254 e. The number of carbonyl (C=O) groups excluding carboxylic acids is 1. The number of aromatic nitrogens is 2. The van der Waals surface area contributed by atoms with Crippen LogP contribution in [-0.4, -0.2) is 52.0 Å². The van der Waals surface area contributed by atoms with Crippen molar-refractivity contribution in [1.29, 1.82) is 0 Å². The first kappa shape index (κ1) is 20.7. The van der Waals surface area contributed by atoms with E-state index in [-0.39, 0.29) is 12.5 Å². The van der Waals surface area contributed by atoms with Gasteiger partial charge in [-0.25, -0.2) is 0 Å². The summed E-state index contributed by atoms with van der Waals surface area (Å²) in [5, 5.41) is 17.0. The lowest BCUT2D eigenvalue weighted by Crippen LogP contribution is -2.31. The second-order valence-electron chi connectivity index (χ2n) is 7.41. The minimum Gasteiger partial charge on any atom is -0.399 e. The third-order valence-electron chi connectivity index (χ3n) is 5.33. The molecule has 0 saturated carbocycles. The molecule has 3 aromatic rings. The van der Waals surface area contributed by atoms with Crippen molar-refractivity contribution in [2.75, 3.05) is 20.3 Å². The van der Waals surface area contributed by atoms with E-state index in [1.807, 2.05) is 36.4 Å². The summed E-state index contributed by atoms with van der Waals surface area (Å²) in [5.74, 6) is 0.587. The average molecular weight is 420 g/mol. The summed E-state index contributed by atoms with van der Waals surface area (Å²) in [7, 11) is 1.48. The first-order chi connectivity index (χ1) is 15.1. The predicted octanol–water partition coefficient (Wildman–Crippen LogP) is 3.17. The van der Waals surface area contributed by atoms with E-state index in [4.69, 9.17) is 14.5 Å². The van der Waals surface area contributed by atoms with E-state index in [0.29, 0.717) is 36.7 Å². The van der Waals surface area contributed by atoms with Crippen molar-refractivity contribution in [3.63, 3.8) is 0 Å². The Morgan fingerprint density at radius 1 is 1.26 bits per heavy atom. The molecule has 1 fully saturated rings. The standard InChI is InChI=1S/C23H24N4O4/c1-15-5-3-4-6-19(15)16-7-9-17(10-8-16)23(29)27-14-18(25-30-2)13-20(27)22-24-21(11-12-28)26-31-22/h3-10,20,28H,11-14H2,1-2H3/b25-18+/t20-/m0/s1. The minimum absolute atomic E-state index is 0.0735. The van der Waals surface area contributed by atoms with Crippen molar-refractivity contribution >= 4 is 11.6 Å². The number of rotatable bonds is 6. The molecule has 31 heavy (non-hydrogen) atoms. The molecule has 160 valence electrons. The molecule has 0 aliphatic carbocycles. The zero-order chi connectivity index (χ0) is 21.8. The van der Waals surface area contributed by atoms with E-state index in [9.17, 15) is 4.79 Å². The summed E-state index contributed by atoms with van der Waals surface area (Å²) in [4.78, 5) is 24.2. The van der Waals surface area contributed by atoms with E-state index < -0.39 is 6.04 Å². The van der Waals surface area contributed by atoms with Gasteiger partial charge in [0.2, 0.25) is 5.89 Å². The maximum absolute atomic E-state index is 13.3. The monoisotopic (exact) mass is 420 g/mol. The molecule has 2 heterocycles. The third-order valence-corrected chi connectivity index (χ3v) is 5.33. The highest BCUT2D eigenvalue weighted by Crippen LogP contribution is 2.32. The van der Waals surface area contributed by atoms with Gasteiger partial charge in [0.15, 0.2) is 5.82 Å². The second-order valence-corrected chi connectivity index (χ2v) is 7.41. The molecule has 2 aromatic carbocycles. The molecule has 1 amide bonds. The Balaban J connectivity index is 1.60. The molecule has 1 aliphatic rings. The lowest BCUT2D eigenvalue weighted by molar-refractivity contribution is 0.0713. The van der Waals surface area contributed by atoms with Gasteiger partial charge in [-0.1, -0.05) is 46.7 Å². The fraction of sp³-hybridized carbons (Fsp3) is 0.304. The van der Waals surface area contributed by atoms with Gasteiger partial charge < -0.3 is 19.4 Å². The summed E-state index contributed by atoms with van der Waals surface area (Å²) in [6, 6.07) is 15.3. The summed E-state index contributed by atoms with van der Waals surface area (Å²) < 4.78 is 5.37. The third kappa shape index (κ3) is 4.34. The Hall–Kier alpha value is -3.52. The van der Waals surface area contributed by atoms with Gasteiger partial charge in [0.05, 0.1) is 18.9 Å². The van der Waals surface area contributed by atoms with Gasteiger partial charge in [-0.3, -0.25) is 4.79 Å². The summed E-state index contributed by atoms with van der Waals surface area (Å²) in [5.41, 5.74) is 4.66. The number of nitrogens with zero attached hydrogens (tertiary/aromatic N) is 4. The van der Waals surface area contributed by atoms with Crippen LogP contribution in [0.4, 0.5) is 0 Å². The van der Waals surface area contributed by atoms with Crippen LogP contribution in [-0.2, 0) is 11.3 Å². The van der Waals surface area contributed by atoms with Crippen molar-refractivity contribution in [2.24, 2.45) is 5.16 Å². The fourth-order valence-corrected chi connectivity index (χ4v) is 3.79. The molecule has 1 saturated heterocycles. The fourth-order valence-electron chi connectivity index (χ4n) is 3.79. The molecule has 4 rings (SSSR count). The van der Waals surface area contributed by atoms with Crippen LogP contribution in [0.2, 0.25) is 0 Å². The molecular weight excluding hydrogens is 396 g/mol. The Labute approximate surface area is 180 Å². The number of likely N-dealkylation sites (tertiary alicyclic amines) is 1. The van der Waals surface area contributed by atoms with Crippen LogP contribution >= 0.6 is 0 Å². The highest BCUT2D eigenvalue weighted by molar-refractivity contribution is 6.00. The highest BCUT2D eigenvalue weighted by atomic mass is 16.6. The second kappa shape index (κ2) is 9.09. The van der Waals surface area contributed by atoms with E-state index in [2.05, 4.69) is 34.4 Å². The van der Waals surface area contributed by atoms with E-state index in [1.165, 1.54) is 12.7 Å². The lowest BCUT2D eigenvalue weighted by Gasteiger charge is -2.21. The number of amides is 1. The molecule has 0 radical (unpaired) electrons. The Morgan fingerprint density at radius 2 is 2.03 bits per heavy atom. The van der Waals surface area contributed by atoms with Crippen LogP contribution in [0.5, 0.6) is 0 Å². The van der Waals surface area contributed by atoms with E-state index in [0.717, 1.165) is 16.8 Å². The van der Waals surface area contributed by atoms with Crippen LogP contribution in [0, 0.1) is 6.92 Å². The van der Waals surface area contributed by atoms with Crippen LogP contribution in [0.15, 0.2) is 58.2 Å². The van der Waals surface area contributed by atoms with Crippen molar-refractivity contribution in [3.8, 4) is 11.1 Å². The van der Waals surface area contributed by atoms with Gasteiger partial charge in [-0.05, 0) is 35.7 Å². The summed E-state index contributed by atoms with van der Waals surface area (Å²) in [6.07, 6.45) is 0.741. The lowest BCUT2D eigenvalue weighted by atomic mass is 9.99. The van der Waals surface area contributed by atoms with Gasteiger partial charge in [0.25, 0.3) is 5.91 Å². The van der Waals surface area contributed by atoms with Crippen molar-refractivity contribution in [2.45, 2.75) is 25.8 Å². The maximum Gasteiger partial charge on any atom is 0.254 e. The number of carbonyl (C=O) groups is 1. The molecule has 1 aromatic heterocycles. The van der Waals surface area contributed by atoms with E-state index >= 15 is 0 Å². The van der Waals surface area contributed by atoms with Crippen LogP contribution in [0.25, 0.3) is 11.1 Å². The maximum atomic E-state index is 13.3. The molecule has 1 atom stereocenters. The molecule has 1 N–H and O–H groups in total. The summed E-state index contributed by atoms with van der Waals surface area (Å²) in [6.45, 7) is 2.31. The molecule has 0 unspecified atom stereocenters. The van der Waals surface area contributed by atoms with Crippen molar-refractivity contribution < 1.29 is 19.3 Å². The Kier molecular flexibility index (Phi) is 6.08. The van der Waals surface area contributed by atoms with Crippen LogP contribution < -0.4 is 0 Å². The van der Waals surface area contributed by atoms with E-state index in [1.54, 1.807) is 4.90 Å². The summed E-state index contributed by atoms with van der Waals surface area (Å²) >= 11 is 0. The molecule has 8 nitrogen and oxygen atoms in total. The van der Waals surface area contributed by atoms with Gasteiger partial charge in [0.1, 0.15) is 13.2 Å². The zero-order valence-corrected chi connectivity index (χ0v) is 17.5. The molecule has 0 bridgehead atoms. The van der Waals surface area contributed by atoms with Gasteiger partial charge in [-0.15, -0.1) is 0 Å². The average Bonchev–Trinajstić information content (AvgIpc) is 3.41. The quantitative estimate of drug-likeness (QED) is 0.615. The topological polar surface area (TPSA) is 101 Å². The first-order valence-corrected chi connectivity index (χ1v) is 10.1. The number of aryl methyl sites for hydroxylation is 1. The number of hydrogen-bond acceptors (Lipinski definition) is 7. The first-order valence-electron chi connectivity index (χ1n) is 10.1. The molecule has 0 spiro atoms. The van der Waals surface area contributed by atoms with Crippen molar-refractivity contribution in [3.05, 3.63) is 71.4 Å². The van der Waals surface area contributed by atoms with Crippen molar-refractivity contribution in [1.82, 2.24) is 15.0 Å². The SMILES string of the molecule is CO/N=C1\C[C@@H](c2nc(CCO)no2)N(C(=O)c2ccc(-c3ccccc3C)cc2)C1.